The first-order chi connectivity index (χ1) is 17.4. The van der Waals surface area contributed by atoms with Crippen molar-refractivity contribution >= 4 is 11.9 Å². The molecule has 3 aromatic rings. The predicted molar refractivity (Wildman–Crippen MR) is 142 cm³/mol. The summed E-state index contributed by atoms with van der Waals surface area (Å²) in [6.07, 6.45) is 3.47. The number of nitriles is 1. The number of aromatic nitrogens is 1. The number of nitrogens with zero attached hydrogens (tertiary/aromatic N) is 2. The first-order valence-electron chi connectivity index (χ1n) is 12.5. The molecule has 1 atom stereocenters. The van der Waals surface area contributed by atoms with E-state index in [2.05, 4.69) is 60.1 Å². The molecule has 0 aliphatic rings. The van der Waals surface area contributed by atoms with Gasteiger partial charge in [0.05, 0.1) is 25.3 Å². The maximum Gasteiger partial charge on any atom is 0.328 e. The number of carbonyl (C=O) groups excluding carboxylic acids is 2. The van der Waals surface area contributed by atoms with Crippen molar-refractivity contribution in [3.63, 3.8) is 0 Å². The summed E-state index contributed by atoms with van der Waals surface area (Å²) in [5, 5.41) is 11.9. The Kier molecular flexibility index (Phi) is 9.46. The summed E-state index contributed by atoms with van der Waals surface area (Å²) in [6.45, 7) is 6.23. The van der Waals surface area contributed by atoms with Gasteiger partial charge in [-0.3, -0.25) is 4.79 Å². The molecule has 1 N–H and O–H groups in total. The van der Waals surface area contributed by atoms with E-state index in [1.165, 1.54) is 18.2 Å². The third-order valence-corrected chi connectivity index (χ3v) is 6.37. The van der Waals surface area contributed by atoms with E-state index >= 15 is 0 Å². The van der Waals surface area contributed by atoms with E-state index in [1.807, 2.05) is 31.2 Å². The Morgan fingerprint density at radius 3 is 2.47 bits per heavy atom. The van der Waals surface area contributed by atoms with Gasteiger partial charge in [-0.1, -0.05) is 55.7 Å². The Balaban J connectivity index is 1.89. The molecule has 188 valence electrons. The monoisotopic (exact) mass is 485 g/mol. The van der Waals surface area contributed by atoms with Crippen LogP contribution in [0.5, 0.6) is 0 Å². The van der Waals surface area contributed by atoms with Gasteiger partial charge in [-0.25, -0.2) is 4.79 Å². The van der Waals surface area contributed by atoms with E-state index in [1.54, 1.807) is 0 Å². The molecule has 2 aromatic carbocycles. The van der Waals surface area contributed by atoms with Gasteiger partial charge in [0.15, 0.2) is 0 Å². The van der Waals surface area contributed by atoms with E-state index in [-0.39, 0.29) is 12.3 Å². The third-order valence-electron chi connectivity index (χ3n) is 6.37. The molecule has 1 aromatic heterocycles. The quantitative estimate of drug-likeness (QED) is 0.358. The van der Waals surface area contributed by atoms with Gasteiger partial charge in [-0.2, -0.15) is 5.26 Å². The second kappa shape index (κ2) is 12.7. The third kappa shape index (κ3) is 6.63. The molecule has 6 nitrogen and oxygen atoms in total. The van der Waals surface area contributed by atoms with Crippen molar-refractivity contribution in [2.45, 2.75) is 65.3 Å². The lowest BCUT2D eigenvalue weighted by Gasteiger charge is -2.18. The highest BCUT2D eigenvalue weighted by molar-refractivity contribution is 5.84. The average Bonchev–Trinajstić information content (AvgIpc) is 3.29. The largest absolute Gasteiger partial charge is 0.467 e. The molecular formula is C30H35N3O3. The van der Waals surface area contributed by atoms with Crippen molar-refractivity contribution < 1.29 is 14.3 Å². The van der Waals surface area contributed by atoms with Gasteiger partial charge in [0.1, 0.15) is 6.04 Å². The Morgan fingerprint density at radius 2 is 1.83 bits per heavy atom. The van der Waals surface area contributed by atoms with Crippen LogP contribution in [-0.2, 0) is 27.2 Å². The lowest BCUT2D eigenvalue weighted by Crippen LogP contribution is -2.41. The van der Waals surface area contributed by atoms with Crippen LogP contribution in [0.25, 0.3) is 16.9 Å². The van der Waals surface area contributed by atoms with Gasteiger partial charge in [0.25, 0.3) is 0 Å². The SMILES string of the molecule is CCCC[C@@H](NC(=O)CCc1ccc(-c2ccc(C)cc2C)n1-c1ccc(CC#N)cc1)C(=O)OC. The first-order valence-corrected chi connectivity index (χ1v) is 12.5. The van der Waals surface area contributed by atoms with E-state index in [0.29, 0.717) is 19.3 Å². The average molecular weight is 486 g/mol. The number of benzene rings is 2. The van der Waals surface area contributed by atoms with Crippen LogP contribution < -0.4 is 5.32 Å². The fourth-order valence-electron chi connectivity index (χ4n) is 4.45. The van der Waals surface area contributed by atoms with Crippen molar-refractivity contribution in [2.24, 2.45) is 0 Å². The number of unbranched alkanes of at least 4 members (excludes halogenated alkanes) is 1. The minimum Gasteiger partial charge on any atom is -0.467 e. The number of hydrogen-bond acceptors (Lipinski definition) is 4. The lowest BCUT2D eigenvalue weighted by molar-refractivity contribution is -0.145. The number of nitrogens with one attached hydrogen (secondary N) is 1. The topological polar surface area (TPSA) is 84.1 Å². The van der Waals surface area contributed by atoms with Crippen LogP contribution in [0, 0.1) is 25.2 Å². The van der Waals surface area contributed by atoms with Crippen molar-refractivity contribution in [3.05, 3.63) is 77.0 Å². The van der Waals surface area contributed by atoms with Gasteiger partial charge in [0, 0.05) is 23.4 Å². The Hall–Kier alpha value is -3.85. The zero-order valence-electron chi connectivity index (χ0n) is 21.6. The highest BCUT2D eigenvalue weighted by atomic mass is 16.5. The normalized spacial score (nSPS) is 11.5. The van der Waals surface area contributed by atoms with Crippen LogP contribution >= 0.6 is 0 Å². The zero-order valence-corrected chi connectivity index (χ0v) is 21.6. The molecule has 0 radical (unpaired) electrons. The highest BCUT2D eigenvalue weighted by Crippen LogP contribution is 2.30. The van der Waals surface area contributed by atoms with Crippen molar-refractivity contribution in [1.82, 2.24) is 9.88 Å². The molecule has 0 spiro atoms. The minimum atomic E-state index is -0.618. The summed E-state index contributed by atoms with van der Waals surface area (Å²) in [5.74, 6) is -0.582. The molecule has 1 heterocycles. The van der Waals surface area contributed by atoms with Crippen LogP contribution in [0.3, 0.4) is 0 Å². The maximum atomic E-state index is 12.8. The molecule has 36 heavy (non-hydrogen) atoms. The lowest BCUT2D eigenvalue weighted by atomic mass is 10.0. The molecule has 0 aliphatic carbocycles. The summed E-state index contributed by atoms with van der Waals surface area (Å²) in [6, 6.07) is 20.1. The van der Waals surface area contributed by atoms with Crippen molar-refractivity contribution in [1.29, 1.82) is 5.26 Å². The Bertz CT molecular complexity index is 1240. The number of methoxy groups -OCH3 is 1. The fourth-order valence-corrected chi connectivity index (χ4v) is 4.45. The van der Waals surface area contributed by atoms with Crippen LogP contribution in [0.15, 0.2) is 54.6 Å². The zero-order chi connectivity index (χ0) is 26.1. The number of rotatable bonds is 11. The van der Waals surface area contributed by atoms with E-state index < -0.39 is 12.0 Å². The molecule has 1 amide bonds. The molecule has 3 rings (SSSR count). The summed E-state index contributed by atoms with van der Waals surface area (Å²) in [4.78, 5) is 24.9. The highest BCUT2D eigenvalue weighted by Gasteiger charge is 2.21. The van der Waals surface area contributed by atoms with Gasteiger partial charge in [-0.05, 0) is 62.1 Å². The molecule has 0 fully saturated rings. The number of aryl methyl sites for hydroxylation is 3. The molecular weight excluding hydrogens is 450 g/mol. The predicted octanol–water partition coefficient (Wildman–Crippen LogP) is 5.61. The number of ether oxygens (including phenoxy) is 1. The Labute approximate surface area is 213 Å². The van der Waals surface area contributed by atoms with Crippen LogP contribution in [0.2, 0.25) is 0 Å². The second-order valence-electron chi connectivity index (χ2n) is 9.15. The molecule has 0 unspecified atom stereocenters. The standard InChI is InChI=1S/C30H35N3O3/c1-5-6-7-27(30(35)36-4)32-29(34)17-14-25-13-16-28(26-15-8-21(2)20-22(26)3)33(25)24-11-9-23(10-12-24)18-19-31/h8-13,15-16,20,27H,5-7,14,17-18H2,1-4H3,(H,32,34)/t27-/m1/s1. The van der Waals surface area contributed by atoms with E-state index in [9.17, 15) is 9.59 Å². The summed E-state index contributed by atoms with van der Waals surface area (Å²) in [7, 11) is 1.34. The first kappa shape index (κ1) is 26.7. The number of esters is 1. The number of amides is 1. The molecule has 0 saturated carbocycles. The minimum absolute atomic E-state index is 0.174. The molecule has 6 heteroatoms. The van der Waals surface area contributed by atoms with Crippen molar-refractivity contribution in [3.8, 4) is 23.0 Å². The second-order valence-corrected chi connectivity index (χ2v) is 9.15. The van der Waals surface area contributed by atoms with Gasteiger partial charge in [-0.15, -0.1) is 0 Å². The van der Waals surface area contributed by atoms with Crippen molar-refractivity contribution in [2.75, 3.05) is 7.11 Å². The molecule has 0 bridgehead atoms. The van der Waals surface area contributed by atoms with E-state index in [4.69, 9.17) is 10.00 Å². The van der Waals surface area contributed by atoms with Crippen LogP contribution in [0.4, 0.5) is 0 Å². The van der Waals surface area contributed by atoms with Gasteiger partial charge < -0.3 is 14.6 Å². The van der Waals surface area contributed by atoms with Gasteiger partial charge in [0.2, 0.25) is 5.91 Å². The van der Waals surface area contributed by atoms with Crippen LogP contribution in [0.1, 0.15) is 55.0 Å². The maximum absolute atomic E-state index is 12.8. The number of hydrogen-bond donors (Lipinski definition) is 1. The fraction of sp³-hybridized carbons (Fsp3) is 0.367. The summed E-state index contributed by atoms with van der Waals surface area (Å²) < 4.78 is 7.05. The van der Waals surface area contributed by atoms with E-state index in [0.717, 1.165) is 41.0 Å². The smallest absolute Gasteiger partial charge is 0.328 e. The number of carbonyl (C=O) groups is 2. The summed E-state index contributed by atoms with van der Waals surface area (Å²) in [5.41, 5.74) is 7.49. The summed E-state index contributed by atoms with van der Waals surface area (Å²) >= 11 is 0. The van der Waals surface area contributed by atoms with Crippen LogP contribution in [-0.4, -0.2) is 29.6 Å². The van der Waals surface area contributed by atoms with Gasteiger partial charge >= 0.3 is 5.97 Å². The Morgan fingerprint density at radius 1 is 1.08 bits per heavy atom. The molecule has 0 saturated heterocycles. The molecule has 0 aliphatic heterocycles.